The average molecular weight is 368 g/mol. The third-order valence-electron chi connectivity index (χ3n) is 4.34. The third kappa shape index (κ3) is 5.52. The van der Waals surface area contributed by atoms with Crippen LogP contribution in [0.15, 0.2) is 29.2 Å². The van der Waals surface area contributed by atoms with E-state index < -0.39 is 10.0 Å². The number of nitrogens with zero attached hydrogens (tertiary/aromatic N) is 1. The monoisotopic (exact) mass is 368 g/mol. The Balaban J connectivity index is 1.97. The molecule has 1 heterocycles. The van der Waals surface area contributed by atoms with Gasteiger partial charge in [-0.25, -0.2) is 8.42 Å². The number of rotatable bonds is 8. The smallest absolute Gasteiger partial charge is 0.251 e. The van der Waals surface area contributed by atoms with E-state index in [4.69, 9.17) is 4.74 Å². The standard InChI is InChI=1S/C18H28N2O4S/c1-3-4-5-6-15(2)19-18(21)16-7-9-17(10-8-16)25(22,23)20-11-13-24-14-12-20/h7-10,15H,3-6,11-14H2,1-2H3,(H,19,21). The molecule has 1 unspecified atom stereocenters. The summed E-state index contributed by atoms with van der Waals surface area (Å²) in [5.74, 6) is -0.167. The first kappa shape index (κ1) is 19.9. The van der Waals surface area contributed by atoms with Crippen LogP contribution in [0.3, 0.4) is 0 Å². The fraction of sp³-hybridized carbons (Fsp3) is 0.611. The summed E-state index contributed by atoms with van der Waals surface area (Å²) in [4.78, 5) is 12.5. The van der Waals surface area contributed by atoms with Gasteiger partial charge in [-0.1, -0.05) is 26.2 Å². The number of amides is 1. The first-order valence-corrected chi connectivity index (χ1v) is 10.4. The molecule has 0 aliphatic carbocycles. The SMILES string of the molecule is CCCCCC(C)NC(=O)c1ccc(S(=O)(=O)N2CCOCC2)cc1. The van der Waals surface area contributed by atoms with Crippen LogP contribution in [-0.4, -0.2) is 51.0 Å². The van der Waals surface area contributed by atoms with Crippen molar-refractivity contribution in [1.29, 1.82) is 0 Å². The topological polar surface area (TPSA) is 75.7 Å². The first-order chi connectivity index (χ1) is 11.9. The minimum atomic E-state index is -3.52. The lowest BCUT2D eigenvalue weighted by Gasteiger charge is -2.26. The second kappa shape index (κ2) is 9.31. The van der Waals surface area contributed by atoms with Crippen molar-refractivity contribution in [2.75, 3.05) is 26.3 Å². The number of carbonyl (C=O) groups is 1. The average Bonchev–Trinajstić information content (AvgIpc) is 2.62. The number of sulfonamides is 1. The number of hydrogen-bond donors (Lipinski definition) is 1. The number of ether oxygens (including phenoxy) is 1. The van der Waals surface area contributed by atoms with Crippen LogP contribution in [0.25, 0.3) is 0 Å². The molecular formula is C18H28N2O4S. The van der Waals surface area contributed by atoms with Crippen molar-refractivity contribution in [3.8, 4) is 0 Å². The van der Waals surface area contributed by atoms with Crippen molar-refractivity contribution >= 4 is 15.9 Å². The highest BCUT2D eigenvalue weighted by Gasteiger charge is 2.26. The Labute approximate surface area is 150 Å². The molecule has 1 N–H and O–H groups in total. The van der Waals surface area contributed by atoms with E-state index in [1.807, 2.05) is 6.92 Å². The number of benzene rings is 1. The van der Waals surface area contributed by atoms with E-state index in [9.17, 15) is 13.2 Å². The van der Waals surface area contributed by atoms with Gasteiger partial charge in [-0.15, -0.1) is 0 Å². The van der Waals surface area contributed by atoms with Gasteiger partial charge in [-0.05, 0) is 37.6 Å². The molecule has 1 aliphatic rings. The number of morpholine rings is 1. The van der Waals surface area contributed by atoms with Gasteiger partial charge >= 0.3 is 0 Å². The molecule has 1 saturated heterocycles. The Bertz CT molecular complexity index is 652. The molecular weight excluding hydrogens is 340 g/mol. The molecule has 1 fully saturated rings. The van der Waals surface area contributed by atoms with Crippen LogP contribution < -0.4 is 5.32 Å². The van der Waals surface area contributed by atoms with Crippen molar-refractivity contribution in [3.05, 3.63) is 29.8 Å². The van der Waals surface area contributed by atoms with Crippen molar-refractivity contribution < 1.29 is 17.9 Å². The van der Waals surface area contributed by atoms with Gasteiger partial charge in [-0.3, -0.25) is 4.79 Å². The van der Waals surface area contributed by atoms with Gasteiger partial charge in [-0.2, -0.15) is 4.31 Å². The van der Waals surface area contributed by atoms with Crippen LogP contribution in [0.4, 0.5) is 0 Å². The minimum absolute atomic E-state index is 0.107. The zero-order valence-corrected chi connectivity index (χ0v) is 15.8. The highest BCUT2D eigenvalue weighted by Crippen LogP contribution is 2.18. The molecule has 2 rings (SSSR count). The summed E-state index contributed by atoms with van der Waals surface area (Å²) in [5.41, 5.74) is 0.475. The van der Waals surface area contributed by atoms with Gasteiger partial charge in [0.2, 0.25) is 10.0 Å². The quantitative estimate of drug-likeness (QED) is 0.715. The Morgan fingerprint density at radius 2 is 1.84 bits per heavy atom. The highest BCUT2D eigenvalue weighted by molar-refractivity contribution is 7.89. The molecule has 1 atom stereocenters. The first-order valence-electron chi connectivity index (χ1n) is 8.94. The molecule has 0 saturated carbocycles. The molecule has 0 aromatic heterocycles. The summed E-state index contributed by atoms with van der Waals surface area (Å²) in [7, 11) is -3.52. The number of unbranched alkanes of at least 4 members (excludes halogenated alkanes) is 2. The highest BCUT2D eigenvalue weighted by atomic mass is 32.2. The van der Waals surface area contributed by atoms with E-state index in [2.05, 4.69) is 12.2 Å². The number of carbonyl (C=O) groups excluding carboxylic acids is 1. The molecule has 0 bridgehead atoms. The van der Waals surface area contributed by atoms with Crippen LogP contribution in [0.2, 0.25) is 0 Å². The zero-order chi connectivity index (χ0) is 18.3. The van der Waals surface area contributed by atoms with Gasteiger partial charge in [0.15, 0.2) is 0 Å². The predicted molar refractivity (Wildman–Crippen MR) is 97.1 cm³/mol. The molecule has 140 valence electrons. The molecule has 7 heteroatoms. The Kier molecular flexibility index (Phi) is 7.40. The van der Waals surface area contributed by atoms with Crippen LogP contribution in [0.1, 0.15) is 49.9 Å². The summed E-state index contributed by atoms with van der Waals surface area (Å²) in [6.45, 7) is 5.69. The molecule has 6 nitrogen and oxygen atoms in total. The fourth-order valence-electron chi connectivity index (χ4n) is 2.79. The van der Waals surface area contributed by atoms with Crippen molar-refractivity contribution in [2.24, 2.45) is 0 Å². The van der Waals surface area contributed by atoms with E-state index in [1.54, 1.807) is 12.1 Å². The summed E-state index contributed by atoms with van der Waals surface area (Å²) in [6.07, 6.45) is 4.35. The maximum atomic E-state index is 12.6. The summed E-state index contributed by atoms with van der Waals surface area (Å²) in [6, 6.07) is 6.25. The number of hydrogen-bond acceptors (Lipinski definition) is 4. The lowest BCUT2D eigenvalue weighted by Crippen LogP contribution is -2.40. The van der Waals surface area contributed by atoms with E-state index >= 15 is 0 Å². The molecule has 25 heavy (non-hydrogen) atoms. The van der Waals surface area contributed by atoms with Gasteiger partial charge in [0.1, 0.15) is 0 Å². The fourth-order valence-corrected chi connectivity index (χ4v) is 4.20. The normalized spacial score (nSPS) is 17.2. The van der Waals surface area contributed by atoms with Gasteiger partial charge in [0.25, 0.3) is 5.91 Å². The largest absolute Gasteiger partial charge is 0.379 e. The molecule has 0 radical (unpaired) electrons. The third-order valence-corrected chi connectivity index (χ3v) is 6.26. The van der Waals surface area contributed by atoms with E-state index in [0.717, 1.165) is 25.7 Å². The Hall–Kier alpha value is -1.44. The minimum Gasteiger partial charge on any atom is -0.379 e. The van der Waals surface area contributed by atoms with Crippen LogP contribution in [0.5, 0.6) is 0 Å². The van der Waals surface area contributed by atoms with Crippen molar-refractivity contribution in [3.63, 3.8) is 0 Å². The molecule has 1 aliphatic heterocycles. The molecule has 1 aromatic rings. The summed E-state index contributed by atoms with van der Waals surface area (Å²) < 4.78 is 31.7. The second-order valence-corrected chi connectivity index (χ2v) is 8.35. The number of nitrogens with one attached hydrogen (secondary N) is 1. The van der Waals surface area contributed by atoms with Crippen molar-refractivity contribution in [2.45, 2.75) is 50.5 Å². The van der Waals surface area contributed by atoms with Crippen LogP contribution in [0, 0.1) is 0 Å². The summed E-state index contributed by atoms with van der Waals surface area (Å²) >= 11 is 0. The second-order valence-electron chi connectivity index (χ2n) is 6.41. The summed E-state index contributed by atoms with van der Waals surface area (Å²) in [5, 5.41) is 2.96. The Morgan fingerprint density at radius 1 is 1.20 bits per heavy atom. The van der Waals surface area contributed by atoms with E-state index in [0.29, 0.717) is 31.9 Å². The molecule has 0 spiro atoms. The van der Waals surface area contributed by atoms with Crippen LogP contribution in [-0.2, 0) is 14.8 Å². The lowest BCUT2D eigenvalue weighted by atomic mass is 10.1. The van der Waals surface area contributed by atoms with Crippen LogP contribution >= 0.6 is 0 Å². The molecule has 1 amide bonds. The lowest BCUT2D eigenvalue weighted by molar-refractivity contribution is 0.0730. The Morgan fingerprint density at radius 3 is 2.44 bits per heavy atom. The maximum Gasteiger partial charge on any atom is 0.251 e. The van der Waals surface area contributed by atoms with Gasteiger partial charge < -0.3 is 10.1 Å². The van der Waals surface area contributed by atoms with E-state index in [-0.39, 0.29) is 16.8 Å². The zero-order valence-electron chi connectivity index (χ0n) is 15.0. The van der Waals surface area contributed by atoms with E-state index in [1.165, 1.54) is 16.4 Å². The predicted octanol–water partition coefficient (Wildman–Crippen LogP) is 2.41. The van der Waals surface area contributed by atoms with Gasteiger partial charge in [0, 0.05) is 24.7 Å². The molecule has 1 aromatic carbocycles. The van der Waals surface area contributed by atoms with Gasteiger partial charge in [0.05, 0.1) is 18.1 Å². The maximum absolute atomic E-state index is 12.6. The van der Waals surface area contributed by atoms with Crippen molar-refractivity contribution in [1.82, 2.24) is 9.62 Å².